The fourth-order valence-corrected chi connectivity index (χ4v) is 5.10. The number of carbonyl (C=O) groups excluding carboxylic acids is 2. The Hall–Kier alpha value is -4.20. The summed E-state index contributed by atoms with van der Waals surface area (Å²) in [6.07, 6.45) is 0.710. The molecule has 0 spiro atoms. The van der Waals surface area contributed by atoms with Crippen LogP contribution in [0.2, 0.25) is 5.02 Å². The second kappa shape index (κ2) is 10.8. The van der Waals surface area contributed by atoms with Crippen molar-refractivity contribution in [1.29, 1.82) is 0 Å². The topological polar surface area (TPSA) is 77.0 Å². The molecule has 6 nitrogen and oxygen atoms in total. The number of halogens is 1. The van der Waals surface area contributed by atoms with Gasteiger partial charge in [-0.15, -0.1) is 11.3 Å². The van der Waals surface area contributed by atoms with E-state index in [1.807, 2.05) is 66.7 Å². The Morgan fingerprint density at radius 1 is 0.919 bits per heavy atom. The van der Waals surface area contributed by atoms with Gasteiger partial charge in [0.1, 0.15) is 16.4 Å². The zero-order valence-electron chi connectivity index (χ0n) is 19.7. The van der Waals surface area contributed by atoms with Gasteiger partial charge in [0.25, 0.3) is 5.91 Å². The Balaban J connectivity index is 1.19. The second-order valence-corrected chi connectivity index (χ2v) is 9.64. The summed E-state index contributed by atoms with van der Waals surface area (Å²) in [6, 6.07) is 27.9. The van der Waals surface area contributed by atoms with E-state index >= 15 is 0 Å². The number of thiophene rings is 1. The molecule has 0 unspecified atom stereocenters. The molecule has 1 atom stereocenters. The average Bonchev–Trinajstić information content (AvgIpc) is 3.25. The van der Waals surface area contributed by atoms with Crippen LogP contribution in [-0.2, 0) is 4.79 Å². The van der Waals surface area contributed by atoms with Crippen molar-refractivity contribution in [3.8, 4) is 11.5 Å². The first kappa shape index (κ1) is 24.5. The Morgan fingerprint density at radius 2 is 1.70 bits per heavy atom. The number of fused-ring (bicyclic) bond motifs is 2. The Morgan fingerprint density at radius 3 is 2.54 bits per heavy atom. The van der Waals surface area contributed by atoms with Crippen LogP contribution in [0.1, 0.15) is 22.2 Å². The molecule has 1 aromatic heterocycles. The van der Waals surface area contributed by atoms with E-state index < -0.39 is 18.0 Å². The van der Waals surface area contributed by atoms with Gasteiger partial charge in [0.2, 0.25) is 0 Å². The van der Waals surface area contributed by atoms with E-state index in [1.165, 1.54) is 17.6 Å². The van der Waals surface area contributed by atoms with Gasteiger partial charge in [0.05, 0.1) is 11.2 Å². The molecule has 4 aromatic carbocycles. The molecule has 0 aliphatic rings. The minimum absolute atomic E-state index is 0.335. The van der Waals surface area contributed by atoms with Gasteiger partial charge in [-0.05, 0) is 53.6 Å². The molecule has 1 amide bonds. The van der Waals surface area contributed by atoms with Gasteiger partial charge in [0.15, 0.2) is 6.10 Å². The van der Waals surface area contributed by atoms with Crippen LogP contribution < -0.4 is 14.9 Å². The van der Waals surface area contributed by atoms with E-state index in [1.54, 1.807) is 31.2 Å². The molecule has 8 heteroatoms. The number of hydrogen-bond donors (Lipinski definition) is 1. The maximum absolute atomic E-state index is 12.7. The van der Waals surface area contributed by atoms with Gasteiger partial charge in [-0.3, -0.25) is 4.79 Å². The highest BCUT2D eigenvalue weighted by molar-refractivity contribution is 7.21. The third-order valence-corrected chi connectivity index (χ3v) is 7.24. The number of nitrogens with zero attached hydrogens (tertiary/aromatic N) is 1. The van der Waals surface area contributed by atoms with Gasteiger partial charge >= 0.3 is 5.97 Å². The second-order valence-electron chi connectivity index (χ2n) is 8.21. The lowest BCUT2D eigenvalue weighted by Gasteiger charge is -2.13. The number of hydrogen-bond acceptors (Lipinski definition) is 6. The van der Waals surface area contributed by atoms with Crippen molar-refractivity contribution in [2.45, 2.75) is 13.0 Å². The molecule has 0 aliphatic heterocycles. The molecule has 5 rings (SSSR count). The Labute approximate surface area is 222 Å². The maximum atomic E-state index is 12.7. The summed E-state index contributed by atoms with van der Waals surface area (Å²) in [7, 11) is 0. The number of carbonyl (C=O) groups is 2. The predicted molar refractivity (Wildman–Crippen MR) is 148 cm³/mol. The zero-order valence-corrected chi connectivity index (χ0v) is 21.3. The van der Waals surface area contributed by atoms with Crippen molar-refractivity contribution in [3.05, 3.63) is 106 Å². The molecular formula is C29H21ClN2O4S. The molecule has 5 aromatic rings. The van der Waals surface area contributed by atoms with Crippen LogP contribution in [0.3, 0.4) is 0 Å². The molecule has 1 heterocycles. The van der Waals surface area contributed by atoms with Crippen molar-refractivity contribution in [1.82, 2.24) is 5.43 Å². The maximum Gasteiger partial charge on any atom is 0.355 e. The van der Waals surface area contributed by atoms with Gasteiger partial charge in [-0.25, -0.2) is 10.2 Å². The average molecular weight is 529 g/mol. The molecule has 0 fully saturated rings. The van der Waals surface area contributed by atoms with Crippen LogP contribution >= 0.6 is 22.9 Å². The monoisotopic (exact) mass is 528 g/mol. The zero-order chi connectivity index (χ0) is 25.8. The summed E-state index contributed by atoms with van der Waals surface area (Å²) in [5.74, 6) is 0.0000387. The minimum atomic E-state index is -0.753. The number of ether oxygens (including phenoxy) is 2. The van der Waals surface area contributed by atoms with E-state index in [2.05, 4.69) is 10.5 Å². The first-order valence-electron chi connectivity index (χ1n) is 11.5. The van der Waals surface area contributed by atoms with Gasteiger partial charge in [-0.2, -0.15) is 5.10 Å². The van der Waals surface area contributed by atoms with Crippen molar-refractivity contribution in [2.24, 2.45) is 5.10 Å². The van der Waals surface area contributed by atoms with Gasteiger partial charge in [-0.1, -0.05) is 72.3 Å². The van der Waals surface area contributed by atoms with E-state index in [-0.39, 0.29) is 0 Å². The molecular weight excluding hydrogens is 508 g/mol. The number of benzene rings is 4. The van der Waals surface area contributed by atoms with Gasteiger partial charge < -0.3 is 9.47 Å². The number of rotatable bonds is 7. The lowest BCUT2D eigenvalue weighted by molar-refractivity contribution is -0.127. The summed E-state index contributed by atoms with van der Waals surface area (Å²) < 4.78 is 12.2. The van der Waals surface area contributed by atoms with Crippen LogP contribution in [0.15, 0.2) is 96.1 Å². The molecule has 0 saturated heterocycles. The number of esters is 1. The molecule has 0 bridgehead atoms. The SMILES string of the molecule is C[C@H](Oc1ccc2ccccc2c1)C(=O)N/N=C\c1cccc(OC(=O)c2sc3ccccc3c2Cl)c1. The number of hydrazone groups is 1. The first-order valence-corrected chi connectivity index (χ1v) is 12.6. The van der Waals surface area contributed by atoms with Crippen molar-refractivity contribution in [3.63, 3.8) is 0 Å². The first-order chi connectivity index (χ1) is 18.0. The van der Waals surface area contributed by atoms with E-state index in [4.69, 9.17) is 21.1 Å². The smallest absolute Gasteiger partial charge is 0.355 e. The fraction of sp³-hybridized carbons (Fsp3) is 0.0690. The van der Waals surface area contributed by atoms with Crippen LogP contribution in [0, 0.1) is 0 Å². The highest BCUT2D eigenvalue weighted by Gasteiger charge is 2.19. The van der Waals surface area contributed by atoms with Crippen LogP contribution in [-0.4, -0.2) is 24.2 Å². The molecule has 1 N–H and O–H groups in total. The summed E-state index contributed by atoms with van der Waals surface area (Å²) in [5.41, 5.74) is 3.11. The van der Waals surface area contributed by atoms with Crippen molar-refractivity contribution < 1.29 is 19.1 Å². The highest BCUT2D eigenvalue weighted by atomic mass is 35.5. The van der Waals surface area contributed by atoms with E-state index in [0.29, 0.717) is 27.0 Å². The Kier molecular flexibility index (Phi) is 7.16. The Bertz CT molecular complexity index is 1650. The summed E-state index contributed by atoms with van der Waals surface area (Å²) >= 11 is 7.67. The van der Waals surface area contributed by atoms with Crippen molar-refractivity contribution in [2.75, 3.05) is 0 Å². The van der Waals surface area contributed by atoms with Crippen molar-refractivity contribution >= 4 is 61.9 Å². The lowest BCUT2D eigenvalue weighted by atomic mass is 10.1. The molecule has 0 saturated carbocycles. The summed E-state index contributed by atoms with van der Waals surface area (Å²) in [5, 5.41) is 7.33. The lowest BCUT2D eigenvalue weighted by Crippen LogP contribution is -2.33. The largest absolute Gasteiger partial charge is 0.481 e. The molecule has 37 heavy (non-hydrogen) atoms. The summed E-state index contributed by atoms with van der Waals surface area (Å²) in [6.45, 7) is 1.65. The minimum Gasteiger partial charge on any atom is -0.481 e. The van der Waals surface area contributed by atoms with Crippen LogP contribution in [0.4, 0.5) is 0 Å². The summed E-state index contributed by atoms with van der Waals surface area (Å²) in [4.78, 5) is 25.5. The third kappa shape index (κ3) is 5.63. The van der Waals surface area contributed by atoms with E-state index in [9.17, 15) is 9.59 Å². The quantitative estimate of drug-likeness (QED) is 0.108. The standard InChI is InChI=1S/C29H21ClN2O4S/c1-18(35-23-14-13-20-8-2-3-9-21(20)16-23)28(33)32-31-17-19-7-6-10-22(15-19)36-29(34)27-26(30)24-11-4-5-12-25(24)37-27/h2-18H,1H3,(H,32,33)/b31-17-/t18-/m0/s1. The normalized spacial score (nSPS) is 12.1. The third-order valence-electron chi connectivity index (χ3n) is 5.58. The molecule has 0 radical (unpaired) electrons. The number of nitrogens with one attached hydrogen (secondary N) is 1. The molecule has 0 aliphatic carbocycles. The predicted octanol–water partition coefficient (Wildman–Crippen LogP) is 6.84. The van der Waals surface area contributed by atoms with E-state index in [0.717, 1.165) is 20.9 Å². The van der Waals surface area contributed by atoms with Crippen LogP contribution in [0.5, 0.6) is 11.5 Å². The van der Waals surface area contributed by atoms with Gasteiger partial charge in [0, 0.05) is 10.1 Å². The fourth-order valence-electron chi connectivity index (χ4n) is 3.72. The number of amides is 1. The van der Waals surface area contributed by atoms with Crippen LogP contribution in [0.25, 0.3) is 20.9 Å². The molecule has 184 valence electrons. The highest BCUT2D eigenvalue weighted by Crippen LogP contribution is 2.35.